The largest absolute Gasteiger partial charge is 0.465 e. The number of amides is 1. The average Bonchev–Trinajstić information content (AvgIpc) is 3.10. The Morgan fingerprint density at radius 3 is 2.60 bits per heavy atom. The second-order valence-electron chi connectivity index (χ2n) is 6.52. The maximum atomic E-state index is 12.9. The van der Waals surface area contributed by atoms with Gasteiger partial charge >= 0.3 is 5.97 Å². The van der Waals surface area contributed by atoms with Crippen LogP contribution in [0.4, 0.5) is 5.69 Å². The highest BCUT2D eigenvalue weighted by Gasteiger charge is 2.19. The molecule has 0 N–H and O–H groups in total. The van der Waals surface area contributed by atoms with E-state index in [9.17, 15) is 14.9 Å². The van der Waals surface area contributed by atoms with Gasteiger partial charge in [-0.3, -0.25) is 9.59 Å². The van der Waals surface area contributed by atoms with Gasteiger partial charge in [-0.15, -0.1) is 0 Å². The van der Waals surface area contributed by atoms with Gasteiger partial charge in [0.1, 0.15) is 18.2 Å². The molecule has 3 aromatic rings. The van der Waals surface area contributed by atoms with Crippen molar-refractivity contribution in [1.82, 2.24) is 4.57 Å². The number of para-hydroxylation sites is 2. The van der Waals surface area contributed by atoms with Crippen LogP contribution in [0.3, 0.4) is 0 Å². The summed E-state index contributed by atoms with van der Waals surface area (Å²) in [4.78, 5) is 26.3. The third kappa shape index (κ3) is 4.37. The topological polar surface area (TPSA) is 75.3 Å². The van der Waals surface area contributed by atoms with Gasteiger partial charge in [0.15, 0.2) is 0 Å². The van der Waals surface area contributed by atoms with Crippen molar-refractivity contribution < 1.29 is 14.3 Å². The van der Waals surface area contributed by atoms with Crippen LogP contribution in [0.5, 0.6) is 0 Å². The first-order chi connectivity index (χ1) is 14.5. The number of ether oxygens (including phenoxy) is 1. The third-order valence-corrected chi connectivity index (χ3v) is 4.89. The number of carbonyl (C=O) groups excluding carboxylic acids is 2. The van der Waals surface area contributed by atoms with Gasteiger partial charge in [0, 0.05) is 29.9 Å². The molecular weight excluding hydrogens is 402 g/mol. The fourth-order valence-corrected chi connectivity index (χ4v) is 3.46. The fourth-order valence-electron chi connectivity index (χ4n) is 3.17. The molecule has 0 fully saturated rings. The molecule has 30 heavy (non-hydrogen) atoms. The van der Waals surface area contributed by atoms with Crippen molar-refractivity contribution in [3.8, 4) is 6.07 Å². The molecule has 6 nitrogen and oxygen atoms in total. The number of fused-ring (bicyclic) bond motifs is 1. The summed E-state index contributed by atoms with van der Waals surface area (Å²) in [5, 5.41) is 10.8. The number of nitriles is 1. The van der Waals surface area contributed by atoms with Crippen LogP contribution in [0.1, 0.15) is 12.5 Å². The van der Waals surface area contributed by atoms with Gasteiger partial charge in [0.25, 0.3) is 5.91 Å². The predicted molar refractivity (Wildman–Crippen MR) is 117 cm³/mol. The van der Waals surface area contributed by atoms with E-state index in [-0.39, 0.29) is 18.7 Å². The first-order valence-corrected chi connectivity index (χ1v) is 9.72. The lowest BCUT2D eigenvalue weighted by Crippen LogP contribution is -2.27. The molecule has 0 unspecified atom stereocenters. The number of hydrogen-bond donors (Lipinski definition) is 0. The van der Waals surface area contributed by atoms with Crippen molar-refractivity contribution in [3.63, 3.8) is 0 Å². The second kappa shape index (κ2) is 9.29. The summed E-state index contributed by atoms with van der Waals surface area (Å²) < 4.78 is 6.70. The van der Waals surface area contributed by atoms with E-state index in [2.05, 4.69) is 0 Å². The lowest BCUT2D eigenvalue weighted by atomic mass is 10.1. The summed E-state index contributed by atoms with van der Waals surface area (Å²) in [6.07, 6.45) is 3.21. The summed E-state index contributed by atoms with van der Waals surface area (Å²) >= 11 is 6.37. The normalized spacial score (nSPS) is 11.2. The zero-order valence-electron chi connectivity index (χ0n) is 16.6. The molecule has 0 saturated carbocycles. The molecular formula is C23H20ClN3O3. The zero-order valence-corrected chi connectivity index (χ0v) is 17.4. The Morgan fingerprint density at radius 1 is 1.20 bits per heavy atom. The minimum Gasteiger partial charge on any atom is -0.465 e. The van der Waals surface area contributed by atoms with Crippen LogP contribution in [-0.2, 0) is 20.9 Å². The number of likely N-dealkylation sites (N-methyl/N-ethyl adjacent to an activating group) is 1. The number of benzene rings is 2. The van der Waals surface area contributed by atoms with E-state index < -0.39 is 11.9 Å². The van der Waals surface area contributed by atoms with Crippen LogP contribution < -0.4 is 4.90 Å². The molecule has 3 rings (SSSR count). The fraction of sp³-hybridized carbons (Fsp3) is 0.174. The Bertz CT molecular complexity index is 1160. The highest BCUT2D eigenvalue weighted by molar-refractivity contribution is 6.35. The first kappa shape index (κ1) is 21.2. The molecule has 0 saturated heterocycles. The maximum Gasteiger partial charge on any atom is 0.325 e. The molecule has 1 heterocycles. The number of nitrogens with zero attached hydrogens (tertiary/aromatic N) is 3. The summed E-state index contributed by atoms with van der Waals surface area (Å²) in [6, 6.07) is 16.4. The van der Waals surface area contributed by atoms with Gasteiger partial charge in [-0.2, -0.15) is 5.26 Å². The van der Waals surface area contributed by atoms with Gasteiger partial charge in [0.2, 0.25) is 0 Å². The minimum absolute atomic E-state index is 0.0261. The Morgan fingerprint density at radius 2 is 1.93 bits per heavy atom. The molecule has 0 bridgehead atoms. The summed E-state index contributed by atoms with van der Waals surface area (Å²) in [7, 11) is 1.61. The lowest BCUT2D eigenvalue weighted by molar-refractivity contribution is -0.143. The van der Waals surface area contributed by atoms with E-state index >= 15 is 0 Å². The number of carbonyl (C=O) groups is 2. The zero-order chi connectivity index (χ0) is 21.7. The monoisotopic (exact) mass is 421 g/mol. The van der Waals surface area contributed by atoms with E-state index in [1.165, 1.54) is 11.0 Å². The van der Waals surface area contributed by atoms with Crippen LogP contribution in [0.25, 0.3) is 17.0 Å². The van der Waals surface area contributed by atoms with Gasteiger partial charge in [-0.05, 0) is 31.2 Å². The predicted octanol–water partition coefficient (Wildman–Crippen LogP) is 4.43. The van der Waals surface area contributed by atoms with Crippen molar-refractivity contribution in [3.05, 3.63) is 70.9 Å². The standard InChI is InChI=1S/C23H20ClN3O3/c1-3-30-21(28)15-27-14-17(19-10-7-11-20(24)22(19)27)12-16(13-25)23(29)26(2)18-8-5-4-6-9-18/h4-12,14H,3,15H2,1-2H3/b16-12+. The van der Waals surface area contributed by atoms with Gasteiger partial charge in [0.05, 0.1) is 17.1 Å². The average molecular weight is 422 g/mol. The molecule has 0 spiro atoms. The van der Waals surface area contributed by atoms with E-state index in [1.54, 1.807) is 49.0 Å². The number of hydrogen-bond acceptors (Lipinski definition) is 4. The van der Waals surface area contributed by atoms with Crippen LogP contribution >= 0.6 is 11.6 Å². The van der Waals surface area contributed by atoms with Crippen molar-refractivity contribution in [2.45, 2.75) is 13.5 Å². The van der Waals surface area contributed by atoms with Crippen LogP contribution in [0.2, 0.25) is 5.02 Å². The van der Waals surface area contributed by atoms with Crippen molar-refractivity contribution >= 4 is 46.1 Å². The molecule has 7 heteroatoms. The lowest BCUT2D eigenvalue weighted by Gasteiger charge is -2.16. The third-order valence-electron chi connectivity index (χ3n) is 4.58. The Balaban J connectivity index is 2.03. The van der Waals surface area contributed by atoms with Crippen LogP contribution in [0.15, 0.2) is 60.3 Å². The number of aromatic nitrogens is 1. The highest BCUT2D eigenvalue weighted by atomic mass is 35.5. The van der Waals surface area contributed by atoms with E-state index in [1.807, 2.05) is 30.3 Å². The SMILES string of the molecule is CCOC(=O)Cn1cc(/C=C(\C#N)C(=O)N(C)c2ccccc2)c2cccc(Cl)c21. The number of anilines is 1. The molecule has 0 aliphatic heterocycles. The Hall–Kier alpha value is -3.56. The minimum atomic E-state index is -0.433. The summed E-state index contributed by atoms with van der Waals surface area (Å²) in [5.41, 5.74) is 1.90. The Labute approximate surface area is 179 Å². The van der Waals surface area contributed by atoms with Crippen LogP contribution in [-0.4, -0.2) is 30.1 Å². The van der Waals surface area contributed by atoms with Crippen molar-refractivity contribution in [2.75, 3.05) is 18.6 Å². The number of halogens is 1. The van der Waals surface area contributed by atoms with Crippen LogP contribution in [0, 0.1) is 11.3 Å². The first-order valence-electron chi connectivity index (χ1n) is 9.34. The van der Waals surface area contributed by atoms with Gasteiger partial charge in [-0.1, -0.05) is 41.9 Å². The molecule has 152 valence electrons. The molecule has 0 aliphatic carbocycles. The molecule has 1 amide bonds. The molecule has 0 atom stereocenters. The summed E-state index contributed by atoms with van der Waals surface area (Å²) in [6.45, 7) is 1.99. The summed E-state index contributed by atoms with van der Waals surface area (Å²) in [5.74, 6) is -0.831. The van der Waals surface area contributed by atoms with E-state index in [0.29, 0.717) is 21.8 Å². The van der Waals surface area contributed by atoms with Gasteiger partial charge in [-0.25, -0.2) is 0 Å². The molecule has 0 aliphatic rings. The van der Waals surface area contributed by atoms with E-state index in [4.69, 9.17) is 16.3 Å². The quantitative estimate of drug-likeness (QED) is 0.335. The number of esters is 1. The molecule has 2 aromatic carbocycles. The van der Waals surface area contributed by atoms with Crippen molar-refractivity contribution in [1.29, 1.82) is 5.26 Å². The maximum absolute atomic E-state index is 12.9. The second-order valence-corrected chi connectivity index (χ2v) is 6.93. The number of rotatable bonds is 6. The van der Waals surface area contributed by atoms with E-state index in [0.717, 1.165) is 5.39 Å². The van der Waals surface area contributed by atoms with Gasteiger partial charge < -0.3 is 14.2 Å². The Kier molecular flexibility index (Phi) is 6.55. The smallest absolute Gasteiger partial charge is 0.325 e. The van der Waals surface area contributed by atoms with Crippen molar-refractivity contribution in [2.24, 2.45) is 0 Å². The highest BCUT2D eigenvalue weighted by Crippen LogP contribution is 2.30. The molecule has 1 aromatic heterocycles. The molecule has 0 radical (unpaired) electrons.